The molecule has 4 fully saturated rings. The largest absolute Gasteiger partial charge is 0.497 e. The topological polar surface area (TPSA) is 47.6 Å². The summed E-state index contributed by atoms with van der Waals surface area (Å²) < 4.78 is 10.6. The van der Waals surface area contributed by atoms with Crippen molar-refractivity contribution in [3.05, 3.63) is 18.2 Å². The first-order chi connectivity index (χ1) is 11.5. The molecule has 1 aromatic carbocycles. The molecule has 0 spiro atoms. The highest BCUT2D eigenvalue weighted by atomic mass is 35.5. The Labute approximate surface area is 147 Å². The fourth-order valence-electron chi connectivity index (χ4n) is 5.57. The van der Waals surface area contributed by atoms with E-state index in [1.54, 1.807) is 20.3 Å². The summed E-state index contributed by atoms with van der Waals surface area (Å²) in [4.78, 5) is 13.0. The molecule has 0 aromatic heterocycles. The number of amides is 1. The van der Waals surface area contributed by atoms with E-state index in [9.17, 15) is 4.79 Å². The van der Waals surface area contributed by atoms with Crippen LogP contribution in [0.1, 0.15) is 38.5 Å². The Hall–Kier alpha value is -1.42. The number of carbonyl (C=O) groups excluding carboxylic acids is 1. The number of benzene rings is 1. The van der Waals surface area contributed by atoms with Crippen molar-refractivity contribution >= 4 is 23.2 Å². The molecule has 24 heavy (non-hydrogen) atoms. The summed E-state index contributed by atoms with van der Waals surface area (Å²) in [6.07, 6.45) is 6.15. The number of hydrogen-bond donors (Lipinski definition) is 1. The minimum Gasteiger partial charge on any atom is -0.497 e. The zero-order valence-electron chi connectivity index (χ0n) is 14.2. The number of anilines is 1. The molecule has 130 valence electrons. The predicted octanol–water partition coefficient (Wildman–Crippen LogP) is 4.22. The van der Waals surface area contributed by atoms with Gasteiger partial charge < -0.3 is 14.8 Å². The quantitative estimate of drug-likeness (QED) is 0.828. The molecule has 1 N–H and O–H groups in total. The van der Waals surface area contributed by atoms with E-state index < -0.39 is 0 Å². The standard InChI is InChI=1S/C19H24ClNO3/c1-23-14-3-4-15(16(6-14)24-2)21-17(22)18-7-12-5-13(8-18)10-19(20,9-12)11-18/h3-4,6,12-13H,5,7-11H2,1-2H3,(H,21,22)/t12-,13+,18?,19?. The van der Waals surface area contributed by atoms with E-state index >= 15 is 0 Å². The van der Waals surface area contributed by atoms with Crippen molar-refractivity contribution in [2.45, 2.75) is 43.4 Å². The van der Waals surface area contributed by atoms with E-state index in [1.807, 2.05) is 12.1 Å². The van der Waals surface area contributed by atoms with Crippen LogP contribution in [0.3, 0.4) is 0 Å². The molecule has 4 aliphatic rings. The molecule has 4 atom stereocenters. The minimum atomic E-state index is -0.309. The number of methoxy groups -OCH3 is 2. The summed E-state index contributed by atoms with van der Waals surface area (Å²) in [5, 5.41) is 3.11. The van der Waals surface area contributed by atoms with Gasteiger partial charge in [0.05, 0.1) is 25.3 Å². The number of halogens is 1. The van der Waals surface area contributed by atoms with Gasteiger partial charge in [-0.2, -0.15) is 0 Å². The normalized spacial score (nSPS) is 36.5. The highest BCUT2D eigenvalue weighted by Crippen LogP contribution is 2.64. The minimum absolute atomic E-state index is 0.102. The second-order valence-corrected chi connectivity index (χ2v) is 8.71. The molecular formula is C19H24ClNO3. The van der Waals surface area contributed by atoms with Crippen LogP contribution in [0.4, 0.5) is 5.69 Å². The Kier molecular flexibility index (Phi) is 3.72. The summed E-state index contributed by atoms with van der Waals surface area (Å²) in [5.41, 5.74) is 0.388. The van der Waals surface area contributed by atoms with Gasteiger partial charge in [-0.25, -0.2) is 0 Å². The lowest BCUT2D eigenvalue weighted by Crippen LogP contribution is -2.57. The Morgan fingerprint density at radius 3 is 2.46 bits per heavy atom. The van der Waals surface area contributed by atoms with Gasteiger partial charge in [0.25, 0.3) is 0 Å². The lowest BCUT2D eigenvalue weighted by molar-refractivity contribution is -0.138. The molecule has 2 unspecified atom stereocenters. The van der Waals surface area contributed by atoms with E-state index in [0.29, 0.717) is 29.0 Å². The number of rotatable bonds is 4. The van der Waals surface area contributed by atoms with Crippen molar-refractivity contribution in [3.63, 3.8) is 0 Å². The van der Waals surface area contributed by atoms with E-state index in [4.69, 9.17) is 21.1 Å². The SMILES string of the molecule is COc1ccc(NC(=O)C23C[C@@H]4C[C@@H](CC(Cl)(C4)C2)C3)c(OC)c1. The van der Waals surface area contributed by atoms with Crippen molar-refractivity contribution in [2.75, 3.05) is 19.5 Å². The molecule has 0 radical (unpaired) electrons. The maximum atomic E-state index is 13.2. The second-order valence-electron chi connectivity index (χ2n) is 7.91. The first-order valence-electron chi connectivity index (χ1n) is 8.68. The highest BCUT2D eigenvalue weighted by molar-refractivity contribution is 6.24. The van der Waals surface area contributed by atoms with Gasteiger partial charge in [-0.15, -0.1) is 11.6 Å². The van der Waals surface area contributed by atoms with Crippen LogP contribution in [0.25, 0.3) is 0 Å². The van der Waals surface area contributed by atoms with Gasteiger partial charge in [-0.05, 0) is 62.5 Å². The van der Waals surface area contributed by atoms with E-state index in [1.165, 1.54) is 6.42 Å². The maximum absolute atomic E-state index is 13.2. The summed E-state index contributed by atoms with van der Waals surface area (Å²) in [6.45, 7) is 0. The molecule has 4 aliphatic carbocycles. The Balaban J connectivity index is 1.59. The van der Waals surface area contributed by atoms with Gasteiger partial charge >= 0.3 is 0 Å². The lowest BCUT2D eigenvalue weighted by Gasteiger charge is -2.59. The van der Waals surface area contributed by atoms with Crippen LogP contribution in [0, 0.1) is 17.3 Å². The van der Waals surface area contributed by atoms with E-state index in [0.717, 1.165) is 32.1 Å². The fraction of sp³-hybridized carbons (Fsp3) is 0.632. The summed E-state index contributed by atoms with van der Waals surface area (Å²) in [7, 11) is 3.21. The summed E-state index contributed by atoms with van der Waals surface area (Å²) in [5.74, 6) is 2.64. The molecule has 4 nitrogen and oxygen atoms in total. The van der Waals surface area contributed by atoms with Crippen LogP contribution in [-0.4, -0.2) is 25.0 Å². The van der Waals surface area contributed by atoms with Crippen molar-refractivity contribution < 1.29 is 14.3 Å². The molecule has 5 heteroatoms. The predicted molar refractivity (Wildman–Crippen MR) is 93.9 cm³/mol. The van der Waals surface area contributed by atoms with Crippen LogP contribution >= 0.6 is 11.6 Å². The van der Waals surface area contributed by atoms with Crippen molar-refractivity contribution in [3.8, 4) is 11.5 Å². The average Bonchev–Trinajstić information content (AvgIpc) is 2.52. The van der Waals surface area contributed by atoms with Gasteiger partial charge in [-0.1, -0.05) is 0 Å². The van der Waals surface area contributed by atoms with Gasteiger partial charge in [0, 0.05) is 10.9 Å². The van der Waals surface area contributed by atoms with Crippen molar-refractivity contribution in [1.82, 2.24) is 0 Å². The molecule has 5 rings (SSSR count). The smallest absolute Gasteiger partial charge is 0.230 e. The lowest BCUT2D eigenvalue weighted by atomic mass is 9.49. The van der Waals surface area contributed by atoms with Crippen LogP contribution in [0.5, 0.6) is 11.5 Å². The molecular weight excluding hydrogens is 326 g/mol. The van der Waals surface area contributed by atoms with Crippen molar-refractivity contribution in [2.24, 2.45) is 17.3 Å². The first-order valence-corrected chi connectivity index (χ1v) is 9.05. The molecule has 0 aliphatic heterocycles. The molecule has 1 amide bonds. The second kappa shape index (κ2) is 5.55. The Bertz CT molecular complexity index is 661. The number of carbonyl (C=O) groups is 1. The number of hydrogen-bond acceptors (Lipinski definition) is 3. The molecule has 1 aromatic rings. The number of alkyl halides is 1. The monoisotopic (exact) mass is 349 g/mol. The van der Waals surface area contributed by atoms with Crippen LogP contribution in [0.2, 0.25) is 0 Å². The van der Waals surface area contributed by atoms with Crippen LogP contribution < -0.4 is 14.8 Å². The molecule has 4 bridgehead atoms. The van der Waals surface area contributed by atoms with E-state index in [-0.39, 0.29) is 16.2 Å². The highest BCUT2D eigenvalue weighted by Gasteiger charge is 2.60. The fourth-order valence-corrected chi connectivity index (χ4v) is 6.27. The Morgan fingerprint density at radius 1 is 1.17 bits per heavy atom. The molecule has 0 heterocycles. The van der Waals surface area contributed by atoms with Gasteiger partial charge in [0.15, 0.2) is 0 Å². The third-order valence-electron chi connectivity index (χ3n) is 6.13. The third kappa shape index (κ3) is 2.55. The molecule has 4 saturated carbocycles. The van der Waals surface area contributed by atoms with Gasteiger partial charge in [-0.3, -0.25) is 4.79 Å². The number of nitrogens with one attached hydrogen (secondary N) is 1. The average molecular weight is 350 g/mol. The summed E-state index contributed by atoms with van der Waals surface area (Å²) >= 11 is 6.84. The van der Waals surface area contributed by atoms with Crippen LogP contribution in [-0.2, 0) is 4.79 Å². The third-order valence-corrected chi connectivity index (χ3v) is 6.57. The zero-order valence-corrected chi connectivity index (χ0v) is 15.0. The van der Waals surface area contributed by atoms with E-state index in [2.05, 4.69) is 5.32 Å². The maximum Gasteiger partial charge on any atom is 0.230 e. The number of ether oxygens (including phenoxy) is 2. The van der Waals surface area contributed by atoms with Crippen LogP contribution in [0.15, 0.2) is 18.2 Å². The Morgan fingerprint density at radius 2 is 1.88 bits per heavy atom. The van der Waals surface area contributed by atoms with Crippen molar-refractivity contribution in [1.29, 1.82) is 0 Å². The molecule has 0 saturated heterocycles. The first kappa shape index (κ1) is 16.1. The van der Waals surface area contributed by atoms with Gasteiger partial charge in [0.2, 0.25) is 5.91 Å². The zero-order chi connectivity index (χ0) is 16.9. The van der Waals surface area contributed by atoms with Gasteiger partial charge in [0.1, 0.15) is 11.5 Å². The summed E-state index contributed by atoms with van der Waals surface area (Å²) in [6, 6.07) is 5.46.